The van der Waals surface area contributed by atoms with Crippen molar-refractivity contribution in [2.45, 2.75) is 37.4 Å². The summed E-state index contributed by atoms with van der Waals surface area (Å²) in [4.78, 5) is 16.1. The Bertz CT molecular complexity index is 875. The highest BCUT2D eigenvalue weighted by Gasteiger charge is 2.38. The molecule has 5 nitrogen and oxygen atoms in total. The van der Waals surface area contributed by atoms with E-state index < -0.39 is 23.3 Å². The van der Waals surface area contributed by atoms with Crippen molar-refractivity contribution in [3.63, 3.8) is 0 Å². The van der Waals surface area contributed by atoms with Gasteiger partial charge in [0, 0.05) is 6.20 Å². The van der Waals surface area contributed by atoms with Gasteiger partial charge in [0.25, 0.3) is 5.91 Å². The van der Waals surface area contributed by atoms with Crippen LogP contribution < -0.4 is 14.8 Å². The number of benzene rings is 1. The molecule has 0 bridgehead atoms. The van der Waals surface area contributed by atoms with Crippen LogP contribution in [0.1, 0.15) is 47.3 Å². The van der Waals surface area contributed by atoms with Crippen molar-refractivity contribution < 1.29 is 27.4 Å². The molecule has 4 rings (SSSR count). The molecule has 2 aromatic rings. The molecule has 1 N–H and O–H groups in total. The van der Waals surface area contributed by atoms with Crippen molar-refractivity contribution in [3.8, 4) is 11.5 Å². The Morgan fingerprint density at radius 1 is 1.04 bits per heavy atom. The first-order valence-electron chi connectivity index (χ1n) is 9.13. The average molecular weight is 392 g/mol. The second kappa shape index (κ2) is 7.00. The molecule has 1 aromatic carbocycles. The molecular formula is C20H19F3N2O3. The molecule has 0 atom stereocenters. The molecular weight excluding hydrogens is 373 g/mol. The minimum Gasteiger partial charge on any atom is -0.486 e. The van der Waals surface area contributed by atoms with E-state index in [-0.39, 0.29) is 5.56 Å². The van der Waals surface area contributed by atoms with Gasteiger partial charge in [-0.3, -0.25) is 9.78 Å². The van der Waals surface area contributed by atoms with Crippen LogP contribution in [-0.4, -0.2) is 24.1 Å². The number of alkyl halides is 3. The first-order valence-corrected chi connectivity index (χ1v) is 9.13. The van der Waals surface area contributed by atoms with Crippen LogP contribution in [0.25, 0.3) is 0 Å². The van der Waals surface area contributed by atoms with Crippen LogP contribution in [0.4, 0.5) is 13.2 Å². The van der Waals surface area contributed by atoms with Gasteiger partial charge in [-0.25, -0.2) is 0 Å². The number of carbonyl (C=O) groups is 1. The number of carbonyl (C=O) groups excluding carboxylic acids is 1. The summed E-state index contributed by atoms with van der Waals surface area (Å²) in [6, 6.07) is 7.59. The van der Waals surface area contributed by atoms with Crippen LogP contribution in [0, 0.1) is 0 Å². The van der Waals surface area contributed by atoms with E-state index in [0.29, 0.717) is 24.7 Å². The van der Waals surface area contributed by atoms with Gasteiger partial charge in [0.2, 0.25) is 0 Å². The Morgan fingerprint density at radius 2 is 1.75 bits per heavy atom. The lowest BCUT2D eigenvalue weighted by Gasteiger charge is -2.32. The molecule has 28 heavy (non-hydrogen) atoms. The number of pyridine rings is 1. The number of halogens is 3. The Kier molecular flexibility index (Phi) is 4.64. The molecule has 2 aliphatic rings. The minimum atomic E-state index is -4.53. The fourth-order valence-electron chi connectivity index (χ4n) is 3.79. The van der Waals surface area contributed by atoms with E-state index in [4.69, 9.17) is 9.47 Å². The van der Waals surface area contributed by atoms with E-state index in [2.05, 4.69) is 10.3 Å². The largest absolute Gasteiger partial charge is 0.486 e. The fraction of sp³-hybridized carbons (Fsp3) is 0.400. The quantitative estimate of drug-likeness (QED) is 0.856. The van der Waals surface area contributed by atoms with Crippen molar-refractivity contribution in [1.82, 2.24) is 10.3 Å². The summed E-state index contributed by atoms with van der Waals surface area (Å²) in [6.07, 6.45) is -0.198. The third-order valence-corrected chi connectivity index (χ3v) is 5.22. The zero-order valence-corrected chi connectivity index (χ0v) is 15.0. The van der Waals surface area contributed by atoms with Gasteiger partial charge in [-0.2, -0.15) is 13.2 Å². The standard InChI is InChI=1S/C20H19F3N2O3/c21-20(22,23)17-6-3-13(12-24-17)18(26)25-19(7-1-2-8-19)14-4-5-15-16(11-14)28-10-9-27-15/h3-6,11-12H,1-2,7-10H2,(H,25,26). The highest BCUT2D eigenvalue weighted by atomic mass is 19.4. The van der Waals surface area contributed by atoms with Crippen LogP contribution in [0.3, 0.4) is 0 Å². The lowest BCUT2D eigenvalue weighted by Crippen LogP contribution is -2.44. The fourth-order valence-corrected chi connectivity index (χ4v) is 3.79. The SMILES string of the molecule is O=C(NC1(c2ccc3c(c2)OCCO3)CCCC1)c1ccc(C(F)(F)F)nc1. The van der Waals surface area contributed by atoms with Gasteiger partial charge in [0.15, 0.2) is 11.5 Å². The van der Waals surface area contributed by atoms with Crippen LogP contribution in [0.15, 0.2) is 36.5 Å². The normalized spacial score (nSPS) is 18.0. The molecule has 1 aliphatic heterocycles. The number of amides is 1. The average Bonchev–Trinajstić information content (AvgIpc) is 3.16. The van der Waals surface area contributed by atoms with Crippen LogP contribution in [0.2, 0.25) is 0 Å². The molecule has 1 aromatic heterocycles. The smallest absolute Gasteiger partial charge is 0.433 e. The highest BCUT2D eigenvalue weighted by molar-refractivity contribution is 5.94. The number of fused-ring (bicyclic) bond motifs is 1. The zero-order chi connectivity index (χ0) is 19.8. The summed E-state index contributed by atoms with van der Waals surface area (Å²) in [5.74, 6) is 0.861. The molecule has 2 heterocycles. The van der Waals surface area contributed by atoms with E-state index >= 15 is 0 Å². The zero-order valence-electron chi connectivity index (χ0n) is 15.0. The van der Waals surface area contributed by atoms with E-state index in [1.54, 1.807) is 0 Å². The van der Waals surface area contributed by atoms with E-state index in [9.17, 15) is 18.0 Å². The third-order valence-electron chi connectivity index (χ3n) is 5.22. The van der Waals surface area contributed by atoms with Gasteiger partial charge in [-0.05, 0) is 42.7 Å². The number of aromatic nitrogens is 1. The van der Waals surface area contributed by atoms with Crippen molar-refractivity contribution >= 4 is 5.91 Å². The Labute approximate surface area is 159 Å². The van der Waals surface area contributed by atoms with Crippen molar-refractivity contribution in [3.05, 3.63) is 53.3 Å². The van der Waals surface area contributed by atoms with E-state index in [1.807, 2.05) is 18.2 Å². The van der Waals surface area contributed by atoms with E-state index in [0.717, 1.165) is 49.6 Å². The number of nitrogens with one attached hydrogen (secondary N) is 1. The molecule has 1 aliphatic carbocycles. The van der Waals surface area contributed by atoms with Crippen molar-refractivity contribution in [2.24, 2.45) is 0 Å². The highest BCUT2D eigenvalue weighted by Crippen LogP contribution is 2.42. The predicted octanol–water partition coefficient (Wildman–Crippen LogP) is 4.07. The minimum absolute atomic E-state index is 0.0943. The molecule has 1 amide bonds. The summed E-state index contributed by atoms with van der Waals surface area (Å²) < 4.78 is 49.3. The van der Waals surface area contributed by atoms with Gasteiger partial charge in [0.1, 0.15) is 18.9 Å². The van der Waals surface area contributed by atoms with Gasteiger partial charge in [0.05, 0.1) is 11.1 Å². The lowest BCUT2D eigenvalue weighted by molar-refractivity contribution is -0.141. The topological polar surface area (TPSA) is 60.5 Å². The lowest BCUT2D eigenvalue weighted by atomic mass is 9.87. The molecule has 1 fully saturated rings. The second-order valence-corrected chi connectivity index (χ2v) is 7.03. The maximum atomic E-state index is 12.7. The Balaban J connectivity index is 1.59. The van der Waals surface area contributed by atoms with Crippen molar-refractivity contribution in [1.29, 1.82) is 0 Å². The predicted molar refractivity (Wildman–Crippen MR) is 94.3 cm³/mol. The number of hydrogen-bond donors (Lipinski definition) is 1. The third kappa shape index (κ3) is 3.50. The molecule has 148 valence electrons. The van der Waals surface area contributed by atoms with Gasteiger partial charge in [-0.15, -0.1) is 0 Å². The molecule has 0 unspecified atom stereocenters. The molecule has 1 saturated carbocycles. The summed E-state index contributed by atoms with van der Waals surface area (Å²) in [5, 5.41) is 3.03. The maximum Gasteiger partial charge on any atom is 0.433 e. The first-order chi connectivity index (χ1) is 13.4. The van der Waals surface area contributed by atoms with Crippen molar-refractivity contribution in [2.75, 3.05) is 13.2 Å². The van der Waals surface area contributed by atoms with Crippen LogP contribution in [-0.2, 0) is 11.7 Å². The van der Waals surface area contributed by atoms with Crippen LogP contribution >= 0.6 is 0 Å². The molecule has 0 radical (unpaired) electrons. The van der Waals surface area contributed by atoms with Gasteiger partial charge in [-0.1, -0.05) is 18.9 Å². The van der Waals surface area contributed by atoms with Gasteiger partial charge >= 0.3 is 6.18 Å². The Morgan fingerprint density at radius 3 is 2.39 bits per heavy atom. The molecule has 0 saturated heterocycles. The van der Waals surface area contributed by atoms with Crippen LogP contribution in [0.5, 0.6) is 11.5 Å². The molecule has 8 heteroatoms. The summed E-state index contributed by atoms with van der Waals surface area (Å²) in [7, 11) is 0. The summed E-state index contributed by atoms with van der Waals surface area (Å²) in [5.41, 5.74) is -0.610. The monoisotopic (exact) mass is 392 g/mol. The number of hydrogen-bond acceptors (Lipinski definition) is 4. The first kappa shape index (κ1) is 18.6. The summed E-state index contributed by atoms with van der Waals surface area (Å²) in [6.45, 7) is 0.960. The molecule has 0 spiro atoms. The van der Waals surface area contributed by atoms with E-state index in [1.165, 1.54) is 0 Å². The van der Waals surface area contributed by atoms with Gasteiger partial charge < -0.3 is 14.8 Å². The number of ether oxygens (including phenoxy) is 2. The number of rotatable bonds is 3. The Hall–Kier alpha value is -2.77. The second-order valence-electron chi connectivity index (χ2n) is 7.03. The summed E-state index contributed by atoms with van der Waals surface area (Å²) >= 11 is 0. The maximum absolute atomic E-state index is 12.7. The number of nitrogens with zero attached hydrogens (tertiary/aromatic N) is 1.